The standard InChI is InChI=1S/C17H18N2O4/c1-21-14-5-2-12(3-6-14)11-18-17(20)19-13-4-7-15-16(10-13)23-9-8-22-15/h2-7,10H,8-9,11H2,1H3,(H2,18,19,20). The highest BCUT2D eigenvalue weighted by atomic mass is 16.6. The molecule has 2 N–H and O–H groups in total. The number of anilines is 1. The summed E-state index contributed by atoms with van der Waals surface area (Å²) in [5.74, 6) is 2.12. The highest BCUT2D eigenvalue weighted by Crippen LogP contribution is 2.32. The van der Waals surface area contributed by atoms with Gasteiger partial charge in [-0.1, -0.05) is 12.1 Å². The van der Waals surface area contributed by atoms with Crippen molar-refractivity contribution in [3.8, 4) is 17.2 Å². The van der Waals surface area contributed by atoms with Gasteiger partial charge in [-0.3, -0.25) is 0 Å². The van der Waals surface area contributed by atoms with E-state index in [0.29, 0.717) is 36.9 Å². The third-order valence-corrected chi connectivity index (χ3v) is 3.41. The lowest BCUT2D eigenvalue weighted by Crippen LogP contribution is -2.28. The van der Waals surface area contributed by atoms with Crippen LogP contribution in [0.5, 0.6) is 17.2 Å². The van der Waals surface area contributed by atoms with Crippen molar-refractivity contribution >= 4 is 11.7 Å². The van der Waals surface area contributed by atoms with Gasteiger partial charge in [-0.2, -0.15) is 0 Å². The zero-order valence-corrected chi connectivity index (χ0v) is 12.8. The van der Waals surface area contributed by atoms with Crippen LogP contribution in [-0.2, 0) is 6.54 Å². The summed E-state index contributed by atoms with van der Waals surface area (Å²) in [6.07, 6.45) is 0. The molecule has 3 rings (SSSR count). The fraction of sp³-hybridized carbons (Fsp3) is 0.235. The first-order valence-electron chi connectivity index (χ1n) is 7.32. The number of urea groups is 1. The van der Waals surface area contributed by atoms with E-state index in [9.17, 15) is 4.79 Å². The average molecular weight is 314 g/mol. The Morgan fingerprint density at radius 1 is 1.09 bits per heavy atom. The van der Waals surface area contributed by atoms with Crippen LogP contribution >= 0.6 is 0 Å². The van der Waals surface area contributed by atoms with Gasteiger partial charge in [-0.15, -0.1) is 0 Å². The van der Waals surface area contributed by atoms with Crippen LogP contribution in [0, 0.1) is 0 Å². The number of fused-ring (bicyclic) bond motifs is 1. The van der Waals surface area contributed by atoms with Gasteiger partial charge in [-0.25, -0.2) is 4.79 Å². The second-order valence-corrected chi connectivity index (χ2v) is 5.01. The van der Waals surface area contributed by atoms with Crippen LogP contribution in [0.25, 0.3) is 0 Å². The van der Waals surface area contributed by atoms with E-state index in [0.717, 1.165) is 11.3 Å². The molecule has 0 aliphatic carbocycles. The van der Waals surface area contributed by atoms with E-state index in [1.54, 1.807) is 25.3 Å². The fourth-order valence-electron chi connectivity index (χ4n) is 2.22. The largest absolute Gasteiger partial charge is 0.497 e. The molecule has 6 nitrogen and oxygen atoms in total. The average Bonchev–Trinajstić information content (AvgIpc) is 2.60. The molecule has 0 fully saturated rings. The molecule has 0 bridgehead atoms. The van der Waals surface area contributed by atoms with Crippen molar-refractivity contribution in [2.24, 2.45) is 0 Å². The Morgan fingerprint density at radius 3 is 2.57 bits per heavy atom. The molecule has 2 aromatic carbocycles. The fourth-order valence-corrected chi connectivity index (χ4v) is 2.22. The SMILES string of the molecule is COc1ccc(CNC(=O)Nc2ccc3c(c2)OCCO3)cc1. The minimum atomic E-state index is -0.280. The maximum Gasteiger partial charge on any atom is 0.319 e. The molecule has 0 saturated carbocycles. The third-order valence-electron chi connectivity index (χ3n) is 3.41. The topological polar surface area (TPSA) is 68.8 Å². The Balaban J connectivity index is 1.54. The monoisotopic (exact) mass is 314 g/mol. The van der Waals surface area contributed by atoms with Crippen molar-refractivity contribution in [1.29, 1.82) is 0 Å². The highest BCUT2D eigenvalue weighted by Gasteiger charge is 2.12. The first kappa shape index (κ1) is 15.0. The van der Waals surface area contributed by atoms with Crippen LogP contribution in [-0.4, -0.2) is 26.4 Å². The number of ether oxygens (including phenoxy) is 3. The van der Waals surface area contributed by atoms with Crippen molar-refractivity contribution in [3.63, 3.8) is 0 Å². The predicted octanol–water partition coefficient (Wildman–Crippen LogP) is 2.79. The van der Waals surface area contributed by atoms with E-state index in [1.165, 1.54) is 0 Å². The number of carbonyl (C=O) groups is 1. The summed E-state index contributed by atoms with van der Waals surface area (Å²) in [6, 6.07) is 12.6. The zero-order chi connectivity index (χ0) is 16.1. The quantitative estimate of drug-likeness (QED) is 0.910. The van der Waals surface area contributed by atoms with Crippen LogP contribution in [0.2, 0.25) is 0 Å². The van der Waals surface area contributed by atoms with E-state index in [1.807, 2.05) is 24.3 Å². The number of hydrogen-bond donors (Lipinski definition) is 2. The Morgan fingerprint density at radius 2 is 1.83 bits per heavy atom. The summed E-state index contributed by atoms with van der Waals surface area (Å²) < 4.78 is 16.0. The van der Waals surface area contributed by atoms with Gasteiger partial charge in [0, 0.05) is 18.3 Å². The van der Waals surface area contributed by atoms with Crippen LogP contribution in [0.1, 0.15) is 5.56 Å². The third kappa shape index (κ3) is 3.85. The molecule has 0 unspecified atom stereocenters. The number of hydrogen-bond acceptors (Lipinski definition) is 4. The molecule has 0 aromatic heterocycles. The van der Waals surface area contributed by atoms with Crippen LogP contribution in [0.15, 0.2) is 42.5 Å². The van der Waals surface area contributed by atoms with Crippen LogP contribution in [0.3, 0.4) is 0 Å². The van der Waals surface area contributed by atoms with Gasteiger partial charge in [0.1, 0.15) is 19.0 Å². The number of rotatable bonds is 4. The van der Waals surface area contributed by atoms with Crippen LogP contribution in [0.4, 0.5) is 10.5 Å². The minimum Gasteiger partial charge on any atom is -0.497 e. The van der Waals surface area contributed by atoms with E-state index >= 15 is 0 Å². The molecule has 2 aromatic rings. The second-order valence-electron chi connectivity index (χ2n) is 5.01. The number of carbonyl (C=O) groups excluding carboxylic acids is 1. The molecule has 120 valence electrons. The molecule has 6 heteroatoms. The molecule has 1 heterocycles. The Labute approximate surface area is 134 Å². The lowest BCUT2D eigenvalue weighted by molar-refractivity contribution is 0.171. The van der Waals surface area contributed by atoms with Gasteiger partial charge < -0.3 is 24.8 Å². The van der Waals surface area contributed by atoms with Gasteiger partial charge in [0.2, 0.25) is 0 Å². The maximum absolute atomic E-state index is 12.0. The summed E-state index contributed by atoms with van der Waals surface area (Å²) in [5, 5.41) is 5.58. The predicted molar refractivity (Wildman–Crippen MR) is 86.3 cm³/mol. The Hall–Kier alpha value is -2.89. The van der Waals surface area contributed by atoms with Crippen molar-refractivity contribution < 1.29 is 19.0 Å². The molecule has 1 aliphatic rings. The normalized spacial score (nSPS) is 12.4. The van der Waals surface area contributed by atoms with Crippen LogP contribution < -0.4 is 24.8 Å². The Kier molecular flexibility index (Phi) is 4.52. The highest BCUT2D eigenvalue weighted by molar-refractivity contribution is 5.89. The van der Waals surface area contributed by atoms with Gasteiger partial charge in [0.05, 0.1) is 7.11 Å². The molecule has 2 amide bonds. The van der Waals surface area contributed by atoms with Crippen molar-refractivity contribution in [2.75, 3.05) is 25.6 Å². The summed E-state index contributed by atoms with van der Waals surface area (Å²) in [6.45, 7) is 1.49. The first-order chi connectivity index (χ1) is 11.2. The molecule has 0 radical (unpaired) electrons. The Bertz CT molecular complexity index is 685. The van der Waals surface area contributed by atoms with E-state index in [-0.39, 0.29) is 6.03 Å². The van der Waals surface area contributed by atoms with Gasteiger partial charge >= 0.3 is 6.03 Å². The zero-order valence-electron chi connectivity index (χ0n) is 12.8. The summed E-state index contributed by atoms with van der Waals surface area (Å²) in [4.78, 5) is 12.0. The second kappa shape index (κ2) is 6.91. The molecular formula is C17H18N2O4. The lowest BCUT2D eigenvalue weighted by Gasteiger charge is -2.19. The summed E-state index contributed by atoms with van der Waals surface area (Å²) in [5.41, 5.74) is 1.64. The van der Waals surface area contributed by atoms with Crippen molar-refractivity contribution in [1.82, 2.24) is 5.32 Å². The number of benzene rings is 2. The van der Waals surface area contributed by atoms with Gasteiger partial charge in [-0.05, 0) is 29.8 Å². The smallest absolute Gasteiger partial charge is 0.319 e. The van der Waals surface area contributed by atoms with Gasteiger partial charge in [0.15, 0.2) is 11.5 Å². The van der Waals surface area contributed by atoms with E-state index in [4.69, 9.17) is 14.2 Å². The van der Waals surface area contributed by atoms with E-state index in [2.05, 4.69) is 10.6 Å². The summed E-state index contributed by atoms with van der Waals surface area (Å²) >= 11 is 0. The number of amides is 2. The maximum atomic E-state index is 12.0. The molecule has 0 spiro atoms. The summed E-state index contributed by atoms with van der Waals surface area (Å²) in [7, 11) is 1.62. The molecule has 1 aliphatic heterocycles. The molecule has 0 saturated heterocycles. The van der Waals surface area contributed by atoms with E-state index < -0.39 is 0 Å². The number of nitrogens with one attached hydrogen (secondary N) is 2. The first-order valence-corrected chi connectivity index (χ1v) is 7.32. The molecule has 0 atom stereocenters. The molecule has 23 heavy (non-hydrogen) atoms. The lowest BCUT2D eigenvalue weighted by atomic mass is 10.2. The number of methoxy groups -OCH3 is 1. The van der Waals surface area contributed by atoms with Crippen molar-refractivity contribution in [3.05, 3.63) is 48.0 Å². The van der Waals surface area contributed by atoms with Crippen molar-refractivity contribution in [2.45, 2.75) is 6.54 Å². The molecular weight excluding hydrogens is 296 g/mol. The minimum absolute atomic E-state index is 0.280. The van der Waals surface area contributed by atoms with Gasteiger partial charge in [0.25, 0.3) is 0 Å².